The van der Waals surface area contributed by atoms with Gasteiger partial charge in [-0.2, -0.15) is 0 Å². The minimum atomic E-state index is -0.561. The molecule has 2 aromatic rings. The van der Waals surface area contributed by atoms with Gasteiger partial charge in [0.1, 0.15) is 0 Å². The van der Waals surface area contributed by atoms with Gasteiger partial charge in [0, 0.05) is 31.1 Å². The van der Waals surface area contributed by atoms with Crippen LogP contribution >= 0.6 is 0 Å². The van der Waals surface area contributed by atoms with Gasteiger partial charge in [0.15, 0.2) is 0 Å². The maximum Gasteiger partial charge on any atom is 0.270 e. The number of pyridine rings is 1. The van der Waals surface area contributed by atoms with E-state index in [1.807, 2.05) is 6.07 Å². The van der Waals surface area contributed by atoms with E-state index in [9.17, 15) is 14.9 Å². The summed E-state index contributed by atoms with van der Waals surface area (Å²) in [6, 6.07) is 9.21. The highest BCUT2D eigenvalue weighted by Gasteiger charge is 2.18. The second-order valence-corrected chi connectivity index (χ2v) is 4.51. The van der Waals surface area contributed by atoms with Crippen molar-refractivity contribution >= 4 is 17.3 Å². The summed E-state index contributed by atoms with van der Waals surface area (Å²) in [5.41, 5.74) is 6.61. The van der Waals surface area contributed by atoms with Crippen molar-refractivity contribution in [1.82, 2.24) is 9.88 Å². The van der Waals surface area contributed by atoms with Gasteiger partial charge in [0.2, 0.25) is 0 Å². The largest absolute Gasteiger partial charge is 0.398 e. The SMILES string of the molecule is CN(Cc1ccccn1)C(=O)c1cc([N+](=O)[O-])ccc1N. The van der Waals surface area contributed by atoms with Crippen LogP contribution in [0.1, 0.15) is 16.1 Å². The molecular weight excluding hydrogens is 272 g/mol. The number of rotatable bonds is 4. The van der Waals surface area contributed by atoms with Crippen LogP contribution < -0.4 is 5.73 Å². The summed E-state index contributed by atoms with van der Waals surface area (Å²) in [4.78, 5) is 28.1. The highest BCUT2D eigenvalue weighted by molar-refractivity contribution is 5.99. The minimum Gasteiger partial charge on any atom is -0.398 e. The second kappa shape index (κ2) is 6.00. The molecule has 0 saturated carbocycles. The monoisotopic (exact) mass is 286 g/mol. The zero-order chi connectivity index (χ0) is 15.4. The van der Waals surface area contributed by atoms with E-state index in [1.54, 1.807) is 25.4 Å². The van der Waals surface area contributed by atoms with Crippen molar-refractivity contribution in [3.05, 3.63) is 64.0 Å². The number of nitrogen functional groups attached to an aromatic ring is 1. The lowest BCUT2D eigenvalue weighted by Crippen LogP contribution is -2.27. The third-order valence-corrected chi connectivity index (χ3v) is 2.95. The normalized spacial score (nSPS) is 10.1. The number of benzene rings is 1. The third kappa shape index (κ3) is 3.33. The van der Waals surface area contributed by atoms with Gasteiger partial charge in [-0.15, -0.1) is 0 Å². The fraction of sp³-hybridized carbons (Fsp3) is 0.143. The molecule has 0 saturated heterocycles. The van der Waals surface area contributed by atoms with Crippen LogP contribution in [0.25, 0.3) is 0 Å². The van der Waals surface area contributed by atoms with Gasteiger partial charge in [-0.05, 0) is 18.2 Å². The lowest BCUT2D eigenvalue weighted by atomic mass is 10.1. The van der Waals surface area contributed by atoms with Crippen LogP contribution in [0.2, 0.25) is 0 Å². The average Bonchev–Trinajstić information content (AvgIpc) is 2.47. The zero-order valence-corrected chi connectivity index (χ0v) is 11.4. The van der Waals surface area contributed by atoms with E-state index in [1.165, 1.54) is 23.1 Å². The molecule has 108 valence electrons. The Labute approximate surface area is 121 Å². The van der Waals surface area contributed by atoms with Gasteiger partial charge in [-0.1, -0.05) is 6.07 Å². The van der Waals surface area contributed by atoms with Crippen molar-refractivity contribution in [3.8, 4) is 0 Å². The highest BCUT2D eigenvalue weighted by Crippen LogP contribution is 2.21. The van der Waals surface area contributed by atoms with Crippen LogP contribution in [0, 0.1) is 10.1 Å². The smallest absolute Gasteiger partial charge is 0.270 e. The van der Waals surface area contributed by atoms with E-state index in [2.05, 4.69) is 4.98 Å². The van der Waals surface area contributed by atoms with Crippen molar-refractivity contribution in [2.24, 2.45) is 0 Å². The molecule has 0 aliphatic heterocycles. The molecular formula is C14H14N4O3. The second-order valence-electron chi connectivity index (χ2n) is 4.51. The van der Waals surface area contributed by atoms with E-state index in [0.29, 0.717) is 6.54 Å². The summed E-state index contributed by atoms with van der Waals surface area (Å²) in [6.07, 6.45) is 1.63. The Morgan fingerprint density at radius 3 is 2.76 bits per heavy atom. The van der Waals surface area contributed by atoms with Crippen LogP contribution in [0.4, 0.5) is 11.4 Å². The summed E-state index contributed by atoms with van der Waals surface area (Å²) < 4.78 is 0. The van der Waals surface area contributed by atoms with E-state index in [0.717, 1.165) is 5.69 Å². The van der Waals surface area contributed by atoms with Gasteiger partial charge in [0.25, 0.3) is 11.6 Å². The Balaban J connectivity index is 2.23. The Bertz CT molecular complexity index is 673. The van der Waals surface area contributed by atoms with Gasteiger partial charge in [-0.25, -0.2) is 0 Å². The molecule has 0 aliphatic carbocycles. The summed E-state index contributed by atoms with van der Waals surface area (Å²) in [5.74, 6) is -0.387. The van der Waals surface area contributed by atoms with Crippen LogP contribution in [0.3, 0.4) is 0 Å². The first-order valence-corrected chi connectivity index (χ1v) is 6.18. The number of aromatic nitrogens is 1. The van der Waals surface area contributed by atoms with Crippen LogP contribution in [-0.2, 0) is 6.54 Å². The number of anilines is 1. The first-order chi connectivity index (χ1) is 9.99. The van der Waals surface area contributed by atoms with Crippen molar-refractivity contribution in [2.45, 2.75) is 6.54 Å². The molecule has 1 amide bonds. The molecule has 0 aliphatic rings. The van der Waals surface area contributed by atoms with Gasteiger partial charge >= 0.3 is 0 Å². The van der Waals surface area contributed by atoms with Crippen molar-refractivity contribution in [3.63, 3.8) is 0 Å². The van der Waals surface area contributed by atoms with Crippen molar-refractivity contribution in [2.75, 3.05) is 12.8 Å². The van der Waals surface area contributed by atoms with E-state index in [4.69, 9.17) is 5.73 Å². The summed E-state index contributed by atoms with van der Waals surface area (Å²) in [5, 5.41) is 10.8. The number of nitrogens with zero attached hydrogens (tertiary/aromatic N) is 3. The fourth-order valence-corrected chi connectivity index (χ4v) is 1.86. The molecule has 1 aromatic heterocycles. The maximum atomic E-state index is 12.3. The molecule has 0 unspecified atom stereocenters. The summed E-state index contributed by atoms with van der Waals surface area (Å²) in [6.45, 7) is 0.293. The number of hydrogen-bond donors (Lipinski definition) is 1. The van der Waals surface area contributed by atoms with Crippen LogP contribution in [-0.4, -0.2) is 27.8 Å². The molecule has 2 rings (SSSR count). The Morgan fingerprint density at radius 2 is 2.14 bits per heavy atom. The molecule has 21 heavy (non-hydrogen) atoms. The summed E-state index contributed by atoms with van der Waals surface area (Å²) >= 11 is 0. The number of amides is 1. The Morgan fingerprint density at radius 1 is 1.38 bits per heavy atom. The number of nitrogens with two attached hydrogens (primary N) is 1. The highest BCUT2D eigenvalue weighted by atomic mass is 16.6. The topological polar surface area (TPSA) is 102 Å². The van der Waals surface area contributed by atoms with Crippen molar-refractivity contribution in [1.29, 1.82) is 0 Å². The molecule has 0 atom stereocenters. The predicted molar refractivity (Wildman–Crippen MR) is 77.5 cm³/mol. The Hall–Kier alpha value is -2.96. The number of hydrogen-bond acceptors (Lipinski definition) is 5. The number of carbonyl (C=O) groups is 1. The predicted octanol–water partition coefficient (Wildman–Crippen LogP) is 1.84. The molecule has 1 aromatic carbocycles. The standard InChI is InChI=1S/C14H14N4O3/c1-17(9-10-4-2-3-7-16-10)14(19)12-8-11(18(20)21)5-6-13(12)15/h2-8H,9,15H2,1H3. The molecule has 2 N–H and O–H groups in total. The number of carbonyl (C=O) groups excluding carboxylic acids is 1. The average molecular weight is 286 g/mol. The number of nitro benzene ring substituents is 1. The first kappa shape index (κ1) is 14.4. The fourth-order valence-electron chi connectivity index (χ4n) is 1.86. The molecule has 7 nitrogen and oxygen atoms in total. The molecule has 0 bridgehead atoms. The molecule has 0 spiro atoms. The van der Waals surface area contributed by atoms with Gasteiger partial charge < -0.3 is 10.6 Å². The van der Waals surface area contributed by atoms with E-state index < -0.39 is 4.92 Å². The van der Waals surface area contributed by atoms with Gasteiger partial charge in [0.05, 0.1) is 22.7 Å². The quantitative estimate of drug-likeness (QED) is 0.525. The third-order valence-electron chi connectivity index (χ3n) is 2.95. The zero-order valence-electron chi connectivity index (χ0n) is 11.4. The minimum absolute atomic E-state index is 0.114. The summed E-state index contributed by atoms with van der Waals surface area (Å²) in [7, 11) is 1.59. The molecule has 7 heteroatoms. The van der Waals surface area contributed by atoms with E-state index >= 15 is 0 Å². The maximum absolute atomic E-state index is 12.3. The van der Waals surface area contributed by atoms with Crippen molar-refractivity contribution < 1.29 is 9.72 Å². The lowest BCUT2D eigenvalue weighted by molar-refractivity contribution is -0.384. The first-order valence-electron chi connectivity index (χ1n) is 6.18. The number of non-ortho nitro benzene ring substituents is 1. The molecule has 0 fully saturated rings. The van der Waals surface area contributed by atoms with Crippen LogP contribution in [0.5, 0.6) is 0 Å². The molecule has 0 radical (unpaired) electrons. The van der Waals surface area contributed by atoms with Crippen LogP contribution in [0.15, 0.2) is 42.6 Å². The van der Waals surface area contributed by atoms with E-state index in [-0.39, 0.29) is 22.8 Å². The lowest BCUT2D eigenvalue weighted by Gasteiger charge is -2.17. The Kier molecular flexibility index (Phi) is 4.13. The molecule has 1 heterocycles. The van der Waals surface area contributed by atoms with Gasteiger partial charge in [-0.3, -0.25) is 19.9 Å². The number of nitro groups is 1.